The molecule has 3 amide bonds. The zero-order valence-electron chi connectivity index (χ0n) is 11.3. The third-order valence-electron chi connectivity index (χ3n) is 3.42. The molecule has 1 fully saturated rings. The molecule has 0 unspecified atom stereocenters. The number of benzene rings is 1. The van der Waals surface area contributed by atoms with Gasteiger partial charge in [-0.2, -0.15) is 0 Å². The molecule has 0 spiro atoms. The first kappa shape index (κ1) is 14.2. The van der Waals surface area contributed by atoms with E-state index in [1.165, 1.54) is 4.90 Å². The number of nitrogens with two attached hydrogens (primary N) is 2. The number of nitrogen functional groups attached to an aromatic ring is 1. The number of nitrogens with zero attached hydrogens (tertiary/aromatic N) is 1. The highest BCUT2D eigenvalue weighted by atomic mass is 16.2. The zero-order valence-corrected chi connectivity index (χ0v) is 11.3. The van der Waals surface area contributed by atoms with Crippen LogP contribution in [0.4, 0.5) is 10.5 Å². The van der Waals surface area contributed by atoms with E-state index in [4.69, 9.17) is 11.5 Å². The molecule has 0 bridgehead atoms. The number of primary amides is 1. The molecule has 1 saturated carbocycles. The van der Waals surface area contributed by atoms with Crippen molar-refractivity contribution in [1.82, 2.24) is 10.2 Å². The molecule has 0 saturated heterocycles. The first-order valence-electron chi connectivity index (χ1n) is 6.73. The van der Waals surface area contributed by atoms with Crippen LogP contribution in [0.25, 0.3) is 0 Å². The van der Waals surface area contributed by atoms with Crippen molar-refractivity contribution >= 4 is 17.6 Å². The van der Waals surface area contributed by atoms with Crippen LogP contribution in [-0.4, -0.2) is 29.4 Å². The van der Waals surface area contributed by atoms with Crippen molar-refractivity contribution in [3.05, 3.63) is 29.8 Å². The van der Waals surface area contributed by atoms with Crippen LogP contribution in [0.2, 0.25) is 0 Å². The van der Waals surface area contributed by atoms with E-state index in [0.29, 0.717) is 12.2 Å². The van der Waals surface area contributed by atoms with Crippen molar-refractivity contribution in [3.63, 3.8) is 0 Å². The van der Waals surface area contributed by atoms with Crippen LogP contribution >= 0.6 is 0 Å². The Balaban J connectivity index is 1.99. The third kappa shape index (κ3) is 3.88. The number of carbonyl (C=O) groups excluding carboxylic acids is 2. The smallest absolute Gasteiger partial charge is 0.318 e. The maximum absolute atomic E-state index is 12.1. The normalized spacial score (nSPS) is 14.4. The van der Waals surface area contributed by atoms with E-state index in [0.717, 1.165) is 24.8 Å². The predicted octanol–water partition coefficient (Wildman–Crippen LogP) is 0.818. The second-order valence-electron chi connectivity index (χ2n) is 5.14. The second-order valence-corrected chi connectivity index (χ2v) is 5.14. The van der Waals surface area contributed by atoms with Gasteiger partial charge in [0.25, 0.3) is 0 Å². The number of nitrogens with one attached hydrogen (secondary N) is 1. The monoisotopic (exact) mass is 276 g/mol. The summed E-state index contributed by atoms with van der Waals surface area (Å²) in [5.74, 6) is -0.524. The first-order valence-corrected chi connectivity index (χ1v) is 6.73. The summed E-state index contributed by atoms with van der Waals surface area (Å²) in [6, 6.07) is 7.18. The molecule has 0 atom stereocenters. The Morgan fingerprint density at radius 2 is 1.90 bits per heavy atom. The summed E-state index contributed by atoms with van der Waals surface area (Å²) in [5.41, 5.74) is 12.4. The minimum Gasteiger partial charge on any atom is -0.399 e. The van der Waals surface area contributed by atoms with Gasteiger partial charge < -0.3 is 21.7 Å². The molecule has 6 heteroatoms. The summed E-state index contributed by atoms with van der Waals surface area (Å²) in [5, 5.41) is 2.91. The molecule has 1 aliphatic carbocycles. The molecule has 1 aromatic rings. The van der Waals surface area contributed by atoms with Crippen LogP contribution in [0.15, 0.2) is 24.3 Å². The Labute approximate surface area is 118 Å². The van der Waals surface area contributed by atoms with Crippen LogP contribution < -0.4 is 16.8 Å². The van der Waals surface area contributed by atoms with Gasteiger partial charge in [0.2, 0.25) is 5.91 Å². The van der Waals surface area contributed by atoms with Crippen LogP contribution in [0.5, 0.6) is 0 Å². The number of hydrogen-bond acceptors (Lipinski definition) is 3. The van der Waals surface area contributed by atoms with E-state index >= 15 is 0 Å². The van der Waals surface area contributed by atoms with Gasteiger partial charge in [-0.05, 0) is 37.0 Å². The molecule has 6 nitrogen and oxygen atoms in total. The molecular weight excluding hydrogens is 256 g/mol. The summed E-state index contributed by atoms with van der Waals surface area (Å²) < 4.78 is 0. The lowest BCUT2D eigenvalue weighted by Gasteiger charge is -2.30. The summed E-state index contributed by atoms with van der Waals surface area (Å²) in [4.78, 5) is 24.7. The van der Waals surface area contributed by atoms with Gasteiger partial charge in [0.1, 0.15) is 6.54 Å². The van der Waals surface area contributed by atoms with Crippen LogP contribution in [-0.2, 0) is 11.3 Å². The predicted molar refractivity (Wildman–Crippen MR) is 76.6 cm³/mol. The Bertz CT molecular complexity index is 482. The van der Waals surface area contributed by atoms with Crippen LogP contribution in [0.1, 0.15) is 24.8 Å². The number of carbonyl (C=O) groups is 2. The minimum atomic E-state index is -0.524. The summed E-state index contributed by atoms with van der Waals surface area (Å²) in [7, 11) is 0. The average Bonchev–Trinajstić information content (AvgIpc) is 2.35. The molecular formula is C14H20N4O2. The van der Waals surface area contributed by atoms with Gasteiger partial charge in [0.05, 0.1) is 0 Å². The van der Waals surface area contributed by atoms with Crippen molar-refractivity contribution in [3.8, 4) is 0 Å². The Hall–Kier alpha value is -2.24. The quantitative estimate of drug-likeness (QED) is 0.694. The first-order chi connectivity index (χ1) is 9.54. The zero-order chi connectivity index (χ0) is 14.5. The molecule has 0 heterocycles. The lowest BCUT2D eigenvalue weighted by atomic mass is 9.93. The lowest BCUT2D eigenvalue weighted by molar-refractivity contribution is -0.118. The van der Waals surface area contributed by atoms with E-state index in [9.17, 15) is 9.59 Å². The van der Waals surface area contributed by atoms with Gasteiger partial charge in [0.15, 0.2) is 0 Å². The molecule has 1 aromatic carbocycles. The summed E-state index contributed by atoms with van der Waals surface area (Å²) >= 11 is 0. The Morgan fingerprint density at radius 3 is 2.40 bits per heavy atom. The molecule has 108 valence electrons. The molecule has 0 aromatic heterocycles. The Morgan fingerprint density at radius 1 is 1.25 bits per heavy atom. The highest BCUT2D eigenvalue weighted by Crippen LogP contribution is 2.18. The maximum atomic E-state index is 12.1. The van der Waals surface area contributed by atoms with Gasteiger partial charge >= 0.3 is 6.03 Å². The van der Waals surface area contributed by atoms with Gasteiger partial charge in [-0.15, -0.1) is 0 Å². The summed E-state index contributed by atoms with van der Waals surface area (Å²) in [6.45, 7) is 0.241. The van der Waals surface area contributed by atoms with Crippen molar-refractivity contribution in [1.29, 1.82) is 0 Å². The van der Waals surface area contributed by atoms with Gasteiger partial charge in [0, 0.05) is 18.3 Å². The van der Waals surface area contributed by atoms with Crippen molar-refractivity contribution < 1.29 is 9.59 Å². The fraction of sp³-hybridized carbons (Fsp3) is 0.429. The largest absolute Gasteiger partial charge is 0.399 e. The molecule has 0 aliphatic heterocycles. The van der Waals surface area contributed by atoms with E-state index < -0.39 is 5.91 Å². The minimum absolute atomic E-state index is 0.0943. The average molecular weight is 276 g/mol. The molecule has 20 heavy (non-hydrogen) atoms. The van der Waals surface area contributed by atoms with Crippen LogP contribution in [0, 0.1) is 0 Å². The van der Waals surface area contributed by atoms with Gasteiger partial charge in [-0.25, -0.2) is 4.79 Å². The van der Waals surface area contributed by atoms with Gasteiger partial charge in [-0.3, -0.25) is 4.79 Å². The number of anilines is 1. The van der Waals surface area contributed by atoms with E-state index in [1.54, 1.807) is 12.1 Å². The van der Waals surface area contributed by atoms with E-state index in [2.05, 4.69) is 5.32 Å². The standard InChI is InChI=1S/C14H20N4O2/c15-11-6-4-10(5-7-11)8-18(9-13(16)19)14(20)17-12-2-1-3-12/h4-7,12H,1-3,8-9,15H2,(H2,16,19)(H,17,20). The van der Waals surface area contributed by atoms with Crippen LogP contribution in [0.3, 0.4) is 0 Å². The fourth-order valence-corrected chi connectivity index (χ4v) is 2.05. The van der Waals surface area contributed by atoms with E-state index in [1.807, 2.05) is 12.1 Å². The fourth-order valence-electron chi connectivity index (χ4n) is 2.05. The SMILES string of the molecule is NC(=O)CN(Cc1ccc(N)cc1)C(=O)NC1CCC1. The highest BCUT2D eigenvalue weighted by Gasteiger charge is 2.23. The third-order valence-corrected chi connectivity index (χ3v) is 3.42. The van der Waals surface area contributed by atoms with Crippen molar-refractivity contribution in [2.24, 2.45) is 5.73 Å². The molecule has 2 rings (SSSR count). The number of urea groups is 1. The molecule has 5 N–H and O–H groups in total. The van der Waals surface area contributed by atoms with Crippen molar-refractivity contribution in [2.75, 3.05) is 12.3 Å². The Kier molecular flexibility index (Phi) is 4.45. The number of amides is 3. The highest BCUT2D eigenvalue weighted by molar-refractivity contribution is 5.83. The van der Waals surface area contributed by atoms with Crippen molar-refractivity contribution in [2.45, 2.75) is 31.8 Å². The number of hydrogen-bond donors (Lipinski definition) is 3. The maximum Gasteiger partial charge on any atom is 0.318 e. The lowest BCUT2D eigenvalue weighted by Crippen LogP contribution is -2.49. The summed E-state index contributed by atoms with van der Waals surface area (Å²) in [6.07, 6.45) is 3.13. The topological polar surface area (TPSA) is 101 Å². The molecule has 1 aliphatic rings. The second kappa shape index (κ2) is 6.27. The van der Waals surface area contributed by atoms with E-state index in [-0.39, 0.29) is 18.6 Å². The molecule has 0 radical (unpaired) electrons. The van der Waals surface area contributed by atoms with Gasteiger partial charge in [-0.1, -0.05) is 12.1 Å². The number of rotatable bonds is 5.